The molecule has 0 spiro atoms. The summed E-state index contributed by atoms with van der Waals surface area (Å²) in [5, 5.41) is 23.0. The van der Waals surface area contributed by atoms with E-state index < -0.39 is 12.1 Å². The minimum atomic E-state index is -0.839. The third kappa shape index (κ3) is 61.2. The van der Waals surface area contributed by atoms with Crippen molar-refractivity contribution >= 4 is 11.9 Å². The van der Waals surface area contributed by atoms with Gasteiger partial charge in [-0.1, -0.05) is 326 Å². The smallest absolute Gasteiger partial charge is 0.305 e. The SMILES string of the molecule is CCCCCC/C=C\C/C=C\CCCCCCCCCC(=O)OCCCCCCCCCCCCCCCCCCCCCCCCCCCCCCCCCC(=O)NC(CO)C(O)/C=C/CCCCCCCCC. The fourth-order valence-electron chi connectivity index (χ4n) is 10.5. The number of esters is 1. The zero-order chi connectivity index (χ0) is 54.3. The molecule has 2 atom stereocenters. The number of hydrogen-bond donors (Lipinski definition) is 3. The van der Waals surface area contributed by atoms with Crippen LogP contribution in [0.25, 0.3) is 0 Å². The molecular weight excluding hydrogens is 923 g/mol. The number of carbonyl (C=O) groups is 2. The highest BCUT2D eigenvalue weighted by Gasteiger charge is 2.18. The third-order valence-electron chi connectivity index (χ3n) is 15.7. The summed E-state index contributed by atoms with van der Waals surface area (Å²) < 4.78 is 5.50. The fraction of sp³-hybridized carbons (Fsp3) is 0.884. The van der Waals surface area contributed by atoms with Crippen LogP contribution >= 0.6 is 0 Å². The zero-order valence-corrected chi connectivity index (χ0v) is 50.5. The van der Waals surface area contributed by atoms with Gasteiger partial charge in [0.05, 0.1) is 25.4 Å². The lowest BCUT2D eigenvalue weighted by Gasteiger charge is -2.20. The molecule has 442 valence electrons. The maximum atomic E-state index is 12.4. The Hall–Kier alpha value is -1.92. The summed E-state index contributed by atoms with van der Waals surface area (Å²) in [5.74, 6) is -0.0524. The average Bonchev–Trinajstić information content (AvgIpc) is 3.41. The number of unbranched alkanes of at least 4 members (excludes halogenated alkanes) is 48. The molecule has 0 aromatic heterocycles. The Morgan fingerprint density at radius 3 is 1.03 bits per heavy atom. The molecule has 2 unspecified atom stereocenters. The van der Waals surface area contributed by atoms with Gasteiger partial charge in [0.25, 0.3) is 0 Å². The minimum Gasteiger partial charge on any atom is -0.466 e. The lowest BCUT2D eigenvalue weighted by atomic mass is 10.0. The highest BCUT2D eigenvalue weighted by atomic mass is 16.5. The lowest BCUT2D eigenvalue weighted by Crippen LogP contribution is -2.45. The molecule has 0 aliphatic carbocycles. The molecule has 75 heavy (non-hydrogen) atoms. The van der Waals surface area contributed by atoms with E-state index in [2.05, 4.69) is 43.5 Å². The van der Waals surface area contributed by atoms with Crippen LogP contribution in [0.1, 0.15) is 367 Å². The van der Waals surface area contributed by atoms with Crippen LogP contribution < -0.4 is 5.32 Å². The van der Waals surface area contributed by atoms with E-state index in [9.17, 15) is 19.8 Å². The molecule has 0 saturated heterocycles. The second-order valence-electron chi connectivity index (χ2n) is 23.2. The summed E-state index contributed by atoms with van der Waals surface area (Å²) in [7, 11) is 0. The van der Waals surface area contributed by atoms with Crippen molar-refractivity contribution in [3.05, 3.63) is 36.5 Å². The second kappa shape index (κ2) is 64.6. The number of carbonyl (C=O) groups excluding carboxylic acids is 2. The second-order valence-corrected chi connectivity index (χ2v) is 23.2. The van der Waals surface area contributed by atoms with E-state index in [1.54, 1.807) is 6.08 Å². The predicted molar refractivity (Wildman–Crippen MR) is 329 cm³/mol. The van der Waals surface area contributed by atoms with Crippen molar-refractivity contribution < 1.29 is 24.5 Å². The highest BCUT2D eigenvalue weighted by molar-refractivity contribution is 5.76. The number of aliphatic hydroxyl groups is 2. The number of ether oxygens (including phenoxy) is 1. The fourth-order valence-corrected chi connectivity index (χ4v) is 10.5. The molecule has 6 nitrogen and oxygen atoms in total. The Morgan fingerprint density at radius 1 is 0.373 bits per heavy atom. The molecule has 0 rings (SSSR count). The molecule has 3 N–H and O–H groups in total. The normalized spacial score (nSPS) is 12.7. The van der Waals surface area contributed by atoms with Crippen LogP contribution in [0.4, 0.5) is 0 Å². The number of aliphatic hydroxyl groups excluding tert-OH is 2. The maximum Gasteiger partial charge on any atom is 0.305 e. The van der Waals surface area contributed by atoms with Gasteiger partial charge in [0.15, 0.2) is 0 Å². The van der Waals surface area contributed by atoms with Gasteiger partial charge >= 0.3 is 5.97 Å². The summed E-state index contributed by atoms with van der Waals surface area (Å²) in [6.45, 7) is 4.88. The first-order chi connectivity index (χ1) is 37.0. The Labute approximate surface area is 468 Å². The van der Waals surface area contributed by atoms with E-state index in [0.717, 1.165) is 51.4 Å². The number of rotatable bonds is 63. The van der Waals surface area contributed by atoms with Gasteiger partial charge in [-0.05, 0) is 64.2 Å². The molecule has 0 fully saturated rings. The first kappa shape index (κ1) is 73.1. The zero-order valence-electron chi connectivity index (χ0n) is 50.5. The van der Waals surface area contributed by atoms with Crippen molar-refractivity contribution in [3.63, 3.8) is 0 Å². The van der Waals surface area contributed by atoms with Crippen LogP contribution in [0.15, 0.2) is 36.5 Å². The van der Waals surface area contributed by atoms with Crippen molar-refractivity contribution in [1.82, 2.24) is 5.32 Å². The van der Waals surface area contributed by atoms with Gasteiger partial charge in [0.1, 0.15) is 0 Å². The van der Waals surface area contributed by atoms with Gasteiger partial charge in [-0.2, -0.15) is 0 Å². The summed E-state index contributed by atoms with van der Waals surface area (Å²) in [5.41, 5.74) is 0. The molecule has 0 bridgehead atoms. The average molecular weight is 1050 g/mol. The van der Waals surface area contributed by atoms with E-state index in [4.69, 9.17) is 4.74 Å². The molecule has 0 saturated carbocycles. The molecule has 0 aliphatic heterocycles. The van der Waals surface area contributed by atoms with Crippen LogP contribution in [0.3, 0.4) is 0 Å². The van der Waals surface area contributed by atoms with Crippen LogP contribution in [0.5, 0.6) is 0 Å². The standard InChI is InChI=1S/C69H131NO5/c1-3-5-7-9-11-13-14-15-16-17-34-37-40-43-47-51-55-59-63-69(74)75-64-60-56-52-48-44-41-38-35-32-30-28-26-24-22-20-18-19-21-23-25-27-29-31-33-36-39-42-46-50-54-58-62-68(73)70-66(65-71)67(72)61-57-53-49-45-12-10-8-6-4-2/h13-14,16-17,57,61,66-67,71-72H,3-12,15,18-56,58-60,62-65H2,1-2H3,(H,70,73)/b14-13-,17-16-,61-57+. The van der Waals surface area contributed by atoms with Crippen molar-refractivity contribution in [1.29, 1.82) is 0 Å². The number of amides is 1. The van der Waals surface area contributed by atoms with Crippen molar-refractivity contribution in [2.24, 2.45) is 0 Å². The van der Waals surface area contributed by atoms with E-state index >= 15 is 0 Å². The van der Waals surface area contributed by atoms with Crippen LogP contribution in [0, 0.1) is 0 Å². The van der Waals surface area contributed by atoms with Gasteiger partial charge in [-0.15, -0.1) is 0 Å². The summed E-state index contributed by atoms with van der Waals surface area (Å²) >= 11 is 0. The van der Waals surface area contributed by atoms with Crippen LogP contribution in [-0.2, 0) is 14.3 Å². The van der Waals surface area contributed by atoms with Gasteiger partial charge in [-0.25, -0.2) is 0 Å². The maximum absolute atomic E-state index is 12.4. The number of nitrogens with one attached hydrogen (secondary N) is 1. The largest absolute Gasteiger partial charge is 0.466 e. The lowest BCUT2D eigenvalue weighted by molar-refractivity contribution is -0.143. The number of allylic oxidation sites excluding steroid dienone is 5. The van der Waals surface area contributed by atoms with Crippen molar-refractivity contribution in [3.8, 4) is 0 Å². The molecule has 0 aliphatic rings. The third-order valence-corrected chi connectivity index (χ3v) is 15.7. The molecule has 0 heterocycles. The van der Waals surface area contributed by atoms with Gasteiger partial charge in [-0.3, -0.25) is 9.59 Å². The van der Waals surface area contributed by atoms with Crippen LogP contribution in [0.2, 0.25) is 0 Å². The quantitative estimate of drug-likeness (QED) is 0.0320. The summed E-state index contributed by atoms with van der Waals surface area (Å²) in [6.07, 6.45) is 82.3. The van der Waals surface area contributed by atoms with Crippen LogP contribution in [-0.4, -0.2) is 47.4 Å². The predicted octanol–water partition coefficient (Wildman–Crippen LogP) is 21.5. The monoisotopic (exact) mass is 1050 g/mol. The molecule has 0 aromatic rings. The van der Waals surface area contributed by atoms with Crippen molar-refractivity contribution in [2.45, 2.75) is 379 Å². The van der Waals surface area contributed by atoms with E-state index in [1.807, 2.05) is 6.08 Å². The highest BCUT2D eigenvalue weighted by Crippen LogP contribution is 2.18. The van der Waals surface area contributed by atoms with Gasteiger partial charge < -0.3 is 20.3 Å². The first-order valence-electron chi connectivity index (χ1n) is 33.8. The Kier molecular flexibility index (Phi) is 63.0. The molecule has 0 radical (unpaired) electrons. The Balaban J connectivity index is 3.30. The Bertz CT molecular complexity index is 1210. The van der Waals surface area contributed by atoms with E-state index in [-0.39, 0.29) is 18.5 Å². The summed E-state index contributed by atoms with van der Waals surface area (Å²) in [6, 6.07) is -0.622. The molecule has 1 amide bonds. The Morgan fingerprint density at radius 2 is 0.667 bits per heavy atom. The van der Waals surface area contributed by atoms with Gasteiger partial charge in [0.2, 0.25) is 5.91 Å². The minimum absolute atomic E-state index is 0.0131. The molecule has 0 aromatic carbocycles. The topological polar surface area (TPSA) is 95.9 Å². The van der Waals surface area contributed by atoms with E-state index in [1.165, 1.54) is 289 Å². The van der Waals surface area contributed by atoms with Crippen molar-refractivity contribution in [2.75, 3.05) is 13.2 Å². The summed E-state index contributed by atoms with van der Waals surface area (Å²) in [4.78, 5) is 24.5. The molecular formula is C69H131NO5. The number of hydrogen-bond acceptors (Lipinski definition) is 5. The van der Waals surface area contributed by atoms with E-state index in [0.29, 0.717) is 19.4 Å². The first-order valence-corrected chi connectivity index (χ1v) is 33.8. The molecule has 6 heteroatoms. The van der Waals surface area contributed by atoms with Gasteiger partial charge in [0, 0.05) is 12.8 Å².